The quantitative estimate of drug-likeness (QED) is 0.749. The van der Waals surface area contributed by atoms with Gasteiger partial charge < -0.3 is 15.4 Å². The molecule has 2 N–H and O–H groups in total. The van der Waals surface area contributed by atoms with E-state index in [4.69, 9.17) is 16.3 Å². The van der Waals surface area contributed by atoms with E-state index in [1.165, 1.54) is 13.3 Å². The van der Waals surface area contributed by atoms with Gasteiger partial charge in [0.15, 0.2) is 0 Å². The van der Waals surface area contributed by atoms with E-state index in [1.54, 1.807) is 31.4 Å². The number of fused-ring (bicyclic) bond motifs is 1. The van der Waals surface area contributed by atoms with Crippen LogP contribution in [0.4, 0.5) is 17.2 Å². The first kappa shape index (κ1) is 16.0. The third-order valence-corrected chi connectivity index (χ3v) is 3.61. The Kier molecular flexibility index (Phi) is 4.48. The van der Waals surface area contributed by atoms with Crippen molar-refractivity contribution in [1.29, 1.82) is 0 Å². The fourth-order valence-electron chi connectivity index (χ4n) is 2.33. The van der Waals surface area contributed by atoms with Crippen molar-refractivity contribution in [3.8, 4) is 5.75 Å². The van der Waals surface area contributed by atoms with Crippen LogP contribution >= 0.6 is 11.6 Å². The van der Waals surface area contributed by atoms with Crippen LogP contribution in [-0.2, 0) is 4.79 Å². The molecule has 1 heterocycles. The molecule has 0 aliphatic rings. The summed E-state index contributed by atoms with van der Waals surface area (Å²) in [5.41, 5.74) is 2.13. The number of halogens is 1. The minimum atomic E-state index is -0.160. The number of carbonyl (C=O) groups is 1. The Bertz CT molecular complexity index is 914. The first-order valence-electron chi connectivity index (χ1n) is 7.20. The number of amides is 1. The standard InChI is InChI=1S/C17H15ClN4O2/c1-10(23)21-14-6-4-12(8-16(14)24-2)22-17-13-5-3-11(18)7-15(13)19-9-20-17/h3-9H,1-2H3,(H,21,23)(H,19,20,22). The van der Waals surface area contributed by atoms with Crippen molar-refractivity contribution in [3.05, 3.63) is 47.7 Å². The van der Waals surface area contributed by atoms with E-state index in [1.807, 2.05) is 12.1 Å². The molecule has 0 unspecified atom stereocenters. The van der Waals surface area contributed by atoms with Gasteiger partial charge in [0.05, 0.1) is 18.3 Å². The Balaban J connectivity index is 1.95. The van der Waals surface area contributed by atoms with Crippen molar-refractivity contribution >= 4 is 45.6 Å². The second-order valence-corrected chi connectivity index (χ2v) is 5.54. The summed E-state index contributed by atoms with van der Waals surface area (Å²) in [5, 5.41) is 7.43. The molecular formula is C17H15ClN4O2. The summed E-state index contributed by atoms with van der Waals surface area (Å²) in [5.74, 6) is 1.05. The van der Waals surface area contributed by atoms with Gasteiger partial charge in [0.25, 0.3) is 0 Å². The maximum Gasteiger partial charge on any atom is 0.221 e. The Hall–Kier alpha value is -2.86. The van der Waals surface area contributed by atoms with E-state index in [2.05, 4.69) is 20.6 Å². The van der Waals surface area contributed by atoms with Crippen LogP contribution in [0.3, 0.4) is 0 Å². The lowest BCUT2D eigenvalue weighted by atomic mass is 10.2. The second kappa shape index (κ2) is 6.72. The molecular weight excluding hydrogens is 328 g/mol. The van der Waals surface area contributed by atoms with Gasteiger partial charge in [-0.25, -0.2) is 9.97 Å². The van der Waals surface area contributed by atoms with Crippen molar-refractivity contribution in [1.82, 2.24) is 9.97 Å². The van der Waals surface area contributed by atoms with Crippen LogP contribution in [-0.4, -0.2) is 23.0 Å². The molecule has 0 fully saturated rings. The SMILES string of the molecule is COc1cc(Nc2ncnc3cc(Cl)ccc23)ccc1NC(C)=O. The first-order valence-corrected chi connectivity index (χ1v) is 7.57. The van der Waals surface area contributed by atoms with E-state index in [9.17, 15) is 4.79 Å². The van der Waals surface area contributed by atoms with Gasteiger partial charge in [0.2, 0.25) is 5.91 Å². The Morgan fingerprint density at radius 2 is 2.00 bits per heavy atom. The summed E-state index contributed by atoms with van der Waals surface area (Å²) >= 11 is 6.00. The third-order valence-electron chi connectivity index (χ3n) is 3.37. The molecule has 0 atom stereocenters. The zero-order valence-corrected chi connectivity index (χ0v) is 13.9. The average molecular weight is 343 g/mol. The summed E-state index contributed by atoms with van der Waals surface area (Å²) in [6.07, 6.45) is 1.48. The number of rotatable bonds is 4. The molecule has 0 saturated carbocycles. The van der Waals surface area contributed by atoms with Crippen LogP contribution in [0.5, 0.6) is 5.75 Å². The molecule has 0 aliphatic heterocycles. The lowest BCUT2D eigenvalue weighted by Crippen LogP contribution is -2.07. The summed E-state index contributed by atoms with van der Waals surface area (Å²) in [7, 11) is 1.55. The van der Waals surface area contributed by atoms with Crippen molar-refractivity contribution in [2.75, 3.05) is 17.7 Å². The number of ether oxygens (including phenoxy) is 1. The predicted molar refractivity (Wildman–Crippen MR) is 95.1 cm³/mol. The largest absolute Gasteiger partial charge is 0.494 e. The highest BCUT2D eigenvalue weighted by molar-refractivity contribution is 6.31. The lowest BCUT2D eigenvalue weighted by molar-refractivity contribution is -0.114. The number of hydrogen-bond acceptors (Lipinski definition) is 5. The molecule has 0 radical (unpaired) electrons. The number of hydrogen-bond donors (Lipinski definition) is 2. The molecule has 0 saturated heterocycles. The molecule has 0 spiro atoms. The van der Waals surface area contributed by atoms with Gasteiger partial charge in [-0.05, 0) is 30.3 Å². The molecule has 122 valence electrons. The van der Waals surface area contributed by atoms with Gasteiger partial charge in [0.1, 0.15) is 17.9 Å². The van der Waals surface area contributed by atoms with E-state index < -0.39 is 0 Å². The molecule has 7 heteroatoms. The minimum absolute atomic E-state index is 0.160. The summed E-state index contributed by atoms with van der Waals surface area (Å²) < 4.78 is 5.32. The fourth-order valence-corrected chi connectivity index (χ4v) is 2.49. The molecule has 0 aliphatic carbocycles. The van der Waals surface area contributed by atoms with Crippen LogP contribution in [0, 0.1) is 0 Å². The van der Waals surface area contributed by atoms with E-state index in [0.29, 0.717) is 22.3 Å². The van der Waals surface area contributed by atoms with Crippen LogP contribution in [0.15, 0.2) is 42.7 Å². The summed E-state index contributed by atoms with van der Waals surface area (Å²) in [4.78, 5) is 19.7. The average Bonchev–Trinajstić information content (AvgIpc) is 2.55. The second-order valence-electron chi connectivity index (χ2n) is 5.10. The number of benzene rings is 2. The Morgan fingerprint density at radius 1 is 1.17 bits per heavy atom. The maximum absolute atomic E-state index is 11.2. The maximum atomic E-state index is 11.2. The Labute approximate surface area is 143 Å². The molecule has 6 nitrogen and oxygen atoms in total. The molecule has 1 aromatic heterocycles. The van der Waals surface area contributed by atoms with Gasteiger partial charge in [-0.3, -0.25) is 4.79 Å². The van der Waals surface area contributed by atoms with Crippen molar-refractivity contribution in [2.24, 2.45) is 0 Å². The topological polar surface area (TPSA) is 76.1 Å². The van der Waals surface area contributed by atoms with Crippen LogP contribution < -0.4 is 15.4 Å². The number of carbonyl (C=O) groups excluding carboxylic acids is 1. The normalized spacial score (nSPS) is 10.5. The monoisotopic (exact) mass is 342 g/mol. The van der Waals surface area contributed by atoms with Crippen molar-refractivity contribution in [2.45, 2.75) is 6.92 Å². The minimum Gasteiger partial charge on any atom is -0.494 e. The zero-order valence-electron chi connectivity index (χ0n) is 13.1. The number of aromatic nitrogens is 2. The number of anilines is 3. The summed E-state index contributed by atoms with van der Waals surface area (Å²) in [6, 6.07) is 10.8. The van der Waals surface area contributed by atoms with Gasteiger partial charge in [-0.15, -0.1) is 0 Å². The van der Waals surface area contributed by atoms with Crippen LogP contribution in [0.25, 0.3) is 10.9 Å². The molecule has 0 bridgehead atoms. The molecule has 24 heavy (non-hydrogen) atoms. The van der Waals surface area contributed by atoms with E-state index in [0.717, 1.165) is 16.6 Å². The number of nitrogens with zero attached hydrogens (tertiary/aromatic N) is 2. The van der Waals surface area contributed by atoms with E-state index >= 15 is 0 Å². The van der Waals surface area contributed by atoms with Gasteiger partial charge in [-0.1, -0.05) is 11.6 Å². The highest BCUT2D eigenvalue weighted by Gasteiger charge is 2.09. The van der Waals surface area contributed by atoms with Crippen LogP contribution in [0.1, 0.15) is 6.92 Å². The van der Waals surface area contributed by atoms with E-state index in [-0.39, 0.29) is 5.91 Å². The highest BCUT2D eigenvalue weighted by Crippen LogP contribution is 2.31. The molecule has 3 rings (SSSR count). The zero-order chi connectivity index (χ0) is 17.1. The lowest BCUT2D eigenvalue weighted by Gasteiger charge is -2.13. The van der Waals surface area contributed by atoms with Crippen LogP contribution in [0.2, 0.25) is 5.02 Å². The van der Waals surface area contributed by atoms with Crippen molar-refractivity contribution < 1.29 is 9.53 Å². The fraction of sp³-hybridized carbons (Fsp3) is 0.118. The first-order chi connectivity index (χ1) is 11.6. The smallest absolute Gasteiger partial charge is 0.221 e. The van der Waals surface area contributed by atoms with Gasteiger partial charge >= 0.3 is 0 Å². The van der Waals surface area contributed by atoms with Crippen molar-refractivity contribution in [3.63, 3.8) is 0 Å². The Morgan fingerprint density at radius 3 is 2.75 bits per heavy atom. The predicted octanol–water partition coefficient (Wildman–Crippen LogP) is 3.99. The summed E-state index contributed by atoms with van der Waals surface area (Å²) in [6.45, 7) is 1.45. The van der Waals surface area contributed by atoms with Gasteiger partial charge in [-0.2, -0.15) is 0 Å². The number of nitrogens with one attached hydrogen (secondary N) is 2. The van der Waals surface area contributed by atoms with Gasteiger partial charge in [0, 0.05) is 29.1 Å². The highest BCUT2D eigenvalue weighted by atomic mass is 35.5. The third kappa shape index (κ3) is 3.38. The molecule has 1 amide bonds. The molecule has 2 aromatic carbocycles. The number of methoxy groups -OCH3 is 1. The molecule has 3 aromatic rings.